The van der Waals surface area contributed by atoms with Crippen LogP contribution in [-0.4, -0.2) is 21.4 Å². The van der Waals surface area contributed by atoms with E-state index in [1.807, 2.05) is 19.4 Å². The molecule has 0 amide bonds. The van der Waals surface area contributed by atoms with E-state index < -0.39 is 0 Å². The third-order valence-electron chi connectivity index (χ3n) is 1.32. The van der Waals surface area contributed by atoms with Crippen LogP contribution in [0.3, 0.4) is 0 Å². The summed E-state index contributed by atoms with van der Waals surface area (Å²) < 4.78 is 1.76. The van der Waals surface area contributed by atoms with Gasteiger partial charge in [0.15, 0.2) is 0 Å². The maximum atomic E-state index is 7.01. The number of nitrogens with one attached hydrogen (secondary N) is 1. The smallest absolute Gasteiger partial charge is 0.0913 e. The zero-order chi connectivity index (χ0) is 8.97. The summed E-state index contributed by atoms with van der Waals surface area (Å²) in [6.07, 6.45) is 4.40. The van der Waals surface area contributed by atoms with Crippen LogP contribution in [-0.2, 0) is 7.05 Å². The van der Waals surface area contributed by atoms with Crippen LogP contribution in [0.5, 0.6) is 0 Å². The highest BCUT2D eigenvalue weighted by Gasteiger charge is 1.96. The fraction of sp³-hybridized carbons (Fsp3) is 0.429. The molecule has 0 unspecified atom stereocenters. The van der Waals surface area contributed by atoms with E-state index in [9.17, 15) is 0 Å². The lowest BCUT2D eigenvalue weighted by atomic mass is 10.5. The second kappa shape index (κ2) is 4.15. The predicted molar refractivity (Wildman–Crippen MR) is 50.5 cm³/mol. The number of nitrogens with zero attached hydrogens (tertiary/aromatic N) is 2. The Morgan fingerprint density at radius 3 is 3.08 bits per heavy atom. The van der Waals surface area contributed by atoms with Crippen LogP contribution in [0.4, 0.5) is 0 Å². The van der Waals surface area contributed by atoms with Crippen LogP contribution < -0.4 is 5.73 Å². The average molecular weight is 184 g/mol. The normalized spacial score (nSPS) is 10.1. The van der Waals surface area contributed by atoms with Gasteiger partial charge in [-0.05, 0) is 0 Å². The predicted octanol–water partition coefficient (Wildman–Crippen LogP) is 0.838. The minimum absolute atomic E-state index is 0.242. The molecule has 66 valence electrons. The molecule has 0 radical (unpaired) electrons. The highest BCUT2D eigenvalue weighted by atomic mass is 32.2. The highest BCUT2D eigenvalue weighted by Crippen LogP contribution is 2.16. The van der Waals surface area contributed by atoms with Gasteiger partial charge in [0.2, 0.25) is 0 Å². The highest BCUT2D eigenvalue weighted by molar-refractivity contribution is 7.99. The van der Waals surface area contributed by atoms with Gasteiger partial charge in [0, 0.05) is 30.3 Å². The van der Waals surface area contributed by atoms with Crippen molar-refractivity contribution in [2.45, 2.75) is 11.3 Å². The molecule has 0 fully saturated rings. The molecule has 0 saturated heterocycles. The van der Waals surface area contributed by atoms with Gasteiger partial charge in [0.25, 0.3) is 0 Å². The fourth-order valence-electron chi connectivity index (χ4n) is 0.752. The van der Waals surface area contributed by atoms with Gasteiger partial charge in [-0.3, -0.25) is 10.1 Å². The summed E-state index contributed by atoms with van der Waals surface area (Å²) in [7, 11) is 1.88. The lowest BCUT2D eigenvalue weighted by Gasteiger charge is -1.95. The summed E-state index contributed by atoms with van der Waals surface area (Å²) in [6, 6.07) is 0. The summed E-state index contributed by atoms with van der Waals surface area (Å²) in [5.74, 6) is 1.09. The summed E-state index contributed by atoms with van der Waals surface area (Å²) in [6.45, 7) is 0. The van der Waals surface area contributed by atoms with E-state index in [1.165, 1.54) is 0 Å². The molecule has 0 bridgehead atoms. The van der Waals surface area contributed by atoms with Crippen LogP contribution in [0, 0.1) is 5.41 Å². The van der Waals surface area contributed by atoms with Crippen molar-refractivity contribution in [1.82, 2.24) is 9.78 Å². The van der Waals surface area contributed by atoms with Gasteiger partial charge in [-0.25, -0.2) is 0 Å². The second-order valence-corrected chi connectivity index (χ2v) is 3.64. The first-order valence-electron chi connectivity index (χ1n) is 3.63. The maximum absolute atomic E-state index is 7.01. The monoisotopic (exact) mass is 184 g/mol. The summed E-state index contributed by atoms with van der Waals surface area (Å²) in [4.78, 5) is 1.12. The number of rotatable bonds is 4. The van der Waals surface area contributed by atoms with Crippen molar-refractivity contribution >= 4 is 17.6 Å². The molecule has 0 atom stereocenters. The third-order valence-corrected chi connectivity index (χ3v) is 2.27. The SMILES string of the molecule is Cn1cc(SCCC(=N)N)cn1. The van der Waals surface area contributed by atoms with Crippen LogP contribution >= 0.6 is 11.8 Å². The van der Waals surface area contributed by atoms with E-state index in [1.54, 1.807) is 16.4 Å². The first-order chi connectivity index (χ1) is 5.68. The second-order valence-electron chi connectivity index (χ2n) is 2.47. The minimum atomic E-state index is 0.242. The van der Waals surface area contributed by atoms with Crippen molar-refractivity contribution in [3.63, 3.8) is 0 Å². The number of aryl methyl sites for hydroxylation is 1. The summed E-state index contributed by atoms with van der Waals surface area (Å²) >= 11 is 1.67. The first kappa shape index (κ1) is 9.12. The molecule has 0 aliphatic rings. The number of hydrogen-bond acceptors (Lipinski definition) is 3. The third kappa shape index (κ3) is 2.96. The van der Waals surface area contributed by atoms with Crippen molar-refractivity contribution in [3.05, 3.63) is 12.4 Å². The Balaban J connectivity index is 2.29. The molecule has 1 heterocycles. The van der Waals surface area contributed by atoms with E-state index in [4.69, 9.17) is 11.1 Å². The molecule has 3 N–H and O–H groups in total. The zero-order valence-electron chi connectivity index (χ0n) is 6.95. The Morgan fingerprint density at radius 1 is 1.83 bits per heavy atom. The molecule has 0 aliphatic heterocycles. The zero-order valence-corrected chi connectivity index (χ0v) is 7.77. The number of thioether (sulfide) groups is 1. The van der Waals surface area contributed by atoms with Crippen LogP contribution in [0.1, 0.15) is 6.42 Å². The van der Waals surface area contributed by atoms with Crippen molar-refractivity contribution < 1.29 is 0 Å². The Bertz CT molecular complexity index is 268. The molecule has 12 heavy (non-hydrogen) atoms. The van der Waals surface area contributed by atoms with Crippen LogP contribution in [0.25, 0.3) is 0 Å². The average Bonchev–Trinajstić information content (AvgIpc) is 2.35. The Labute approximate surface area is 75.6 Å². The lowest BCUT2D eigenvalue weighted by molar-refractivity contribution is 0.766. The molecule has 5 heteroatoms. The Kier molecular flexibility index (Phi) is 3.16. The van der Waals surface area contributed by atoms with Crippen LogP contribution in [0.15, 0.2) is 17.3 Å². The molecule has 0 saturated carbocycles. The number of aromatic nitrogens is 2. The largest absolute Gasteiger partial charge is 0.388 e. The number of nitrogens with two attached hydrogens (primary N) is 1. The van der Waals surface area contributed by atoms with Gasteiger partial charge in [0.05, 0.1) is 12.0 Å². The van der Waals surface area contributed by atoms with Crippen molar-refractivity contribution in [3.8, 4) is 0 Å². The molecular weight excluding hydrogens is 172 g/mol. The van der Waals surface area contributed by atoms with E-state index in [0.29, 0.717) is 6.42 Å². The van der Waals surface area contributed by atoms with Crippen molar-refractivity contribution in [1.29, 1.82) is 5.41 Å². The van der Waals surface area contributed by atoms with Crippen LogP contribution in [0.2, 0.25) is 0 Å². The molecule has 0 aliphatic carbocycles. The molecule has 0 aromatic carbocycles. The van der Waals surface area contributed by atoms with Crippen molar-refractivity contribution in [2.24, 2.45) is 12.8 Å². The molecule has 1 rings (SSSR count). The van der Waals surface area contributed by atoms with Gasteiger partial charge in [-0.2, -0.15) is 5.10 Å². The molecule has 0 spiro atoms. The van der Waals surface area contributed by atoms with E-state index in [0.717, 1.165) is 10.6 Å². The van der Waals surface area contributed by atoms with Crippen molar-refractivity contribution in [2.75, 3.05) is 5.75 Å². The van der Waals surface area contributed by atoms with E-state index in [2.05, 4.69) is 5.10 Å². The minimum Gasteiger partial charge on any atom is -0.388 e. The maximum Gasteiger partial charge on any atom is 0.0913 e. The topological polar surface area (TPSA) is 67.7 Å². The lowest BCUT2D eigenvalue weighted by Crippen LogP contribution is -2.09. The summed E-state index contributed by atoms with van der Waals surface area (Å²) in [5, 5.41) is 11.0. The molecule has 1 aromatic heterocycles. The standard InChI is InChI=1S/C7H12N4S/c1-11-5-6(4-10-11)12-3-2-7(8)9/h4-5H,2-3H2,1H3,(H3,8,9). The van der Waals surface area contributed by atoms with Gasteiger partial charge in [-0.1, -0.05) is 0 Å². The number of amidine groups is 1. The Morgan fingerprint density at radius 2 is 2.58 bits per heavy atom. The summed E-state index contributed by atoms with van der Waals surface area (Å²) in [5.41, 5.74) is 5.21. The van der Waals surface area contributed by atoms with Gasteiger partial charge < -0.3 is 5.73 Å². The van der Waals surface area contributed by atoms with Gasteiger partial charge in [-0.15, -0.1) is 11.8 Å². The van der Waals surface area contributed by atoms with Gasteiger partial charge >= 0.3 is 0 Å². The van der Waals surface area contributed by atoms with E-state index in [-0.39, 0.29) is 5.84 Å². The molecule has 1 aromatic rings. The molecule has 4 nitrogen and oxygen atoms in total. The van der Waals surface area contributed by atoms with E-state index >= 15 is 0 Å². The Hall–Kier alpha value is -0.970. The van der Waals surface area contributed by atoms with Gasteiger partial charge in [0.1, 0.15) is 0 Å². The molecular formula is C7H12N4S. The number of hydrogen-bond donors (Lipinski definition) is 2. The fourth-order valence-corrected chi connectivity index (χ4v) is 1.66. The first-order valence-corrected chi connectivity index (χ1v) is 4.61. The quantitative estimate of drug-likeness (QED) is 0.414.